The molecule has 0 aliphatic heterocycles. The lowest BCUT2D eigenvalue weighted by atomic mass is 10.1. The van der Waals surface area contributed by atoms with Crippen LogP contribution in [0.25, 0.3) is 0 Å². The van der Waals surface area contributed by atoms with Gasteiger partial charge in [-0.05, 0) is 12.5 Å². The van der Waals surface area contributed by atoms with Crippen LogP contribution in [-0.4, -0.2) is 15.6 Å². The molecule has 2 rings (SSSR count). The molecule has 0 aliphatic carbocycles. The molecule has 1 heterocycles. The summed E-state index contributed by atoms with van der Waals surface area (Å²) in [7, 11) is 0. The van der Waals surface area contributed by atoms with E-state index in [1.54, 1.807) is 24.0 Å². The fourth-order valence-corrected chi connectivity index (χ4v) is 1.68. The Morgan fingerprint density at radius 2 is 1.95 bits per heavy atom. The molecular weight excluding hydrogens is 265 g/mol. The highest BCUT2D eigenvalue weighted by atomic mass is 19.1. The van der Waals surface area contributed by atoms with Crippen LogP contribution in [-0.2, 0) is 0 Å². The first kappa shape index (κ1) is 13.7. The Hall–Kier alpha value is -2.70. The summed E-state index contributed by atoms with van der Waals surface area (Å²) < 4.78 is 13.6. The quantitative estimate of drug-likeness (QED) is 0.858. The van der Waals surface area contributed by atoms with E-state index in [1.165, 1.54) is 0 Å². The minimum absolute atomic E-state index is 0.370. The van der Waals surface area contributed by atoms with E-state index in [1.807, 2.05) is 18.2 Å². The zero-order chi connectivity index (χ0) is 14.7. The van der Waals surface area contributed by atoms with E-state index in [0.717, 1.165) is 5.56 Å². The Morgan fingerprint density at radius 1 is 1.30 bits per heavy atom. The van der Waals surface area contributed by atoms with Crippen molar-refractivity contribution in [2.75, 3.05) is 0 Å². The highest BCUT2D eigenvalue weighted by Crippen LogP contribution is 2.10. The molecule has 6 nitrogen and oxygen atoms in total. The number of amides is 1. The fourth-order valence-electron chi connectivity index (χ4n) is 1.68. The largest absolute Gasteiger partial charge is 0.336 e. The number of nitrogens with zero attached hydrogens (tertiary/aromatic N) is 1. The number of aromatic nitrogens is 2. The van der Waals surface area contributed by atoms with Crippen molar-refractivity contribution in [1.29, 1.82) is 0 Å². The second-order valence-electron chi connectivity index (χ2n) is 4.19. The Labute approximate surface area is 112 Å². The first-order valence-electron chi connectivity index (χ1n) is 5.86. The third kappa shape index (κ3) is 2.82. The molecule has 7 heteroatoms. The summed E-state index contributed by atoms with van der Waals surface area (Å²) in [5.41, 5.74) is -1.32. The van der Waals surface area contributed by atoms with E-state index in [9.17, 15) is 18.8 Å². The predicted octanol–water partition coefficient (Wildman–Crippen LogP) is 0.995. The number of carbonyl (C=O) groups is 1. The normalized spacial score (nSPS) is 11.9. The lowest BCUT2D eigenvalue weighted by Crippen LogP contribution is -2.41. The van der Waals surface area contributed by atoms with Crippen molar-refractivity contribution in [2.45, 2.75) is 13.0 Å². The lowest BCUT2D eigenvalue weighted by molar-refractivity contribution is 0.237. The molecule has 20 heavy (non-hydrogen) atoms. The van der Waals surface area contributed by atoms with Crippen LogP contribution in [0.2, 0.25) is 0 Å². The maximum absolute atomic E-state index is 13.1. The summed E-state index contributed by atoms with van der Waals surface area (Å²) in [6.07, 6.45) is 0.564. The summed E-state index contributed by atoms with van der Waals surface area (Å²) in [6.45, 7) is 1.72. The maximum Gasteiger partial charge on any atom is 0.336 e. The number of carbonyl (C=O) groups excluding carboxylic acids is 1. The minimum atomic E-state index is -1.20. The van der Waals surface area contributed by atoms with Gasteiger partial charge < -0.3 is 5.32 Å². The van der Waals surface area contributed by atoms with Gasteiger partial charge in [-0.1, -0.05) is 30.3 Å². The molecule has 0 radical (unpaired) electrons. The highest BCUT2D eigenvalue weighted by Gasteiger charge is 2.14. The van der Waals surface area contributed by atoms with Gasteiger partial charge in [-0.2, -0.15) is 4.39 Å². The summed E-state index contributed by atoms with van der Waals surface area (Å²) >= 11 is 0. The third-order valence-corrected chi connectivity index (χ3v) is 2.76. The van der Waals surface area contributed by atoms with Crippen molar-refractivity contribution in [1.82, 2.24) is 14.9 Å². The molecule has 0 unspecified atom stereocenters. The number of nitrogens with one attached hydrogen (secondary N) is 2. The van der Waals surface area contributed by atoms with E-state index in [4.69, 9.17) is 0 Å². The number of halogens is 1. The second kappa shape index (κ2) is 5.52. The van der Waals surface area contributed by atoms with Gasteiger partial charge in [0.25, 0.3) is 5.56 Å². The van der Waals surface area contributed by atoms with Crippen LogP contribution in [0, 0.1) is 5.82 Å². The Kier molecular flexibility index (Phi) is 3.79. The van der Waals surface area contributed by atoms with Crippen molar-refractivity contribution in [3.63, 3.8) is 0 Å². The molecule has 0 spiro atoms. The summed E-state index contributed by atoms with van der Waals surface area (Å²) in [5.74, 6) is -1.20. The van der Waals surface area contributed by atoms with Gasteiger partial charge in [0.05, 0.1) is 12.2 Å². The average Bonchev–Trinajstić information content (AvgIpc) is 2.43. The molecule has 1 aromatic heterocycles. The third-order valence-electron chi connectivity index (χ3n) is 2.76. The minimum Gasteiger partial charge on any atom is -0.331 e. The van der Waals surface area contributed by atoms with E-state index in [-0.39, 0.29) is 6.04 Å². The van der Waals surface area contributed by atoms with Gasteiger partial charge in [-0.15, -0.1) is 0 Å². The molecule has 0 bridgehead atoms. The molecule has 0 saturated heterocycles. The summed E-state index contributed by atoms with van der Waals surface area (Å²) in [4.78, 5) is 35.9. The van der Waals surface area contributed by atoms with Crippen LogP contribution in [0.1, 0.15) is 18.5 Å². The number of hydrogen-bond donors (Lipinski definition) is 2. The van der Waals surface area contributed by atoms with Crippen molar-refractivity contribution >= 4 is 6.03 Å². The van der Waals surface area contributed by atoms with Gasteiger partial charge in [0.1, 0.15) is 0 Å². The van der Waals surface area contributed by atoms with E-state index in [2.05, 4.69) is 5.32 Å². The van der Waals surface area contributed by atoms with Crippen LogP contribution in [0.5, 0.6) is 0 Å². The summed E-state index contributed by atoms with van der Waals surface area (Å²) in [5, 5.41) is 2.54. The molecular formula is C13H12FN3O3. The molecule has 1 amide bonds. The summed E-state index contributed by atoms with van der Waals surface area (Å²) in [6, 6.07) is 7.88. The SMILES string of the molecule is C[C@H](NC(=O)n1cc(F)c(=O)[nH]c1=O)c1ccccc1. The molecule has 104 valence electrons. The first-order chi connectivity index (χ1) is 9.49. The van der Waals surface area contributed by atoms with Crippen molar-refractivity contribution < 1.29 is 9.18 Å². The number of H-pyrrole nitrogens is 1. The van der Waals surface area contributed by atoms with Gasteiger partial charge >= 0.3 is 11.7 Å². The zero-order valence-corrected chi connectivity index (χ0v) is 10.6. The second-order valence-corrected chi connectivity index (χ2v) is 4.19. The van der Waals surface area contributed by atoms with Gasteiger partial charge in [0.2, 0.25) is 5.82 Å². The maximum atomic E-state index is 13.1. The van der Waals surface area contributed by atoms with Crippen molar-refractivity contribution in [3.05, 3.63) is 68.7 Å². The number of hydrogen-bond acceptors (Lipinski definition) is 3. The first-order valence-corrected chi connectivity index (χ1v) is 5.86. The van der Waals surface area contributed by atoms with E-state index in [0.29, 0.717) is 10.8 Å². The topological polar surface area (TPSA) is 84.0 Å². The van der Waals surface area contributed by atoms with Crippen LogP contribution in [0.4, 0.5) is 9.18 Å². The van der Waals surface area contributed by atoms with Gasteiger partial charge in [0.15, 0.2) is 0 Å². The molecule has 0 saturated carbocycles. The molecule has 1 aromatic carbocycles. The van der Waals surface area contributed by atoms with Crippen LogP contribution >= 0.6 is 0 Å². The molecule has 0 aliphatic rings. The van der Waals surface area contributed by atoms with Crippen molar-refractivity contribution in [2.24, 2.45) is 0 Å². The monoisotopic (exact) mass is 277 g/mol. The number of benzene rings is 1. The van der Waals surface area contributed by atoms with Crippen LogP contribution < -0.4 is 16.6 Å². The van der Waals surface area contributed by atoms with Crippen LogP contribution in [0.15, 0.2) is 46.1 Å². The van der Waals surface area contributed by atoms with Crippen molar-refractivity contribution in [3.8, 4) is 0 Å². The molecule has 2 N–H and O–H groups in total. The predicted molar refractivity (Wildman–Crippen MR) is 70.1 cm³/mol. The number of rotatable bonds is 2. The molecule has 2 aromatic rings. The lowest BCUT2D eigenvalue weighted by Gasteiger charge is -2.14. The van der Waals surface area contributed by atoms with Gasteiger partial charge in [0, 0.05) is 0 Å². The molecule has 1 atom stereocenters. The van der Waals surface area contributed by atoms with E-state index >= 15 is 0 Å². The Bertz CT molecular complexity index is 737. The standard InChI is InChI=1S/C13H12FN3O3/c1-8(9-5-3-2-4-6-9)15-12(19)17-7-10(14)11(18)16-13(17)20/h2-8H,1H3,(H,15,19)(H,16,18,20)/t8-/m0/s1. The Balaban J connectivity index is 2.23. The van der Waals surface area contributed by atoms with E-state index < -0.39 is 23.1 Å². The number of aromatic amines is 1. The van der Waals surface area contributed by atoms with Gasteiger partial charge in [-0.3, -0.25) is 9.78 Å². The Morgan fingerprint density at radius 3 is 2.60 bits per heavy atom. The zero-order valence-electron chi connectivity index (χ0n) is 10.6. The average molecular weight is 277 g/mol. The van der Waals surface area contributed by atoms with Crippen LogP contribution in [0.3, 0.4) is 0 Å². The highest BCUT2D eigenvalue weighted by molar-refractivity contribution is 5.76. The fraction of sp³-hybridized carbons (Fsp3) is 0.154. The smallest absolute Gasteiger partial charge is 0.331 e. The van der Waals surface area contributed by atoms with Gasteiger partial charge in [-0.25, -0.2) is 14.2 Å². The molecule has 0 fully saturated rings.